The number of rotatable bonds is 3. The largest absolute Gasteiger partial charge is 0.335 e. The second-order valence-electron chi connectivity index (χ2n) is 4.14. The Morgan fingerprint density at radius 1 is 1.06 bits per heavy atom. The molecule has 1 heterocycles. The van der Waals surface area contributed by atoms with Crippen LogP contribution in [0.3, 0.4) is 0 Å². The Hall–Kier alpha value is -0.950. The van der Waals surface area contributed by atoms with Crippen LogP contribution in [-0.4, -0.2) is 48.4 Å². The fourth-order valence-corrected chi connectivity index (χ4v) is 2.58. The molecule has 1 N–H and O–H groups in total. The standard InChI is InChI=1S/C11H16N2O3S/c14-17(15,16)13-8-6-12(7-9-13)10-11-4-2-1-3-5-11/h1-5H,6-10H2,(H,14,15,16). The van der Waals surface area contributed by atoms with E-state index >= 15 is 0 Å². The molecule has 0 atom stereocenters. The fraction of sp³-hybridized carbons (Fsp3) is 0.455. The van der Waals surface area contributed by atoms with Crippen LogP contribution >= 0.6 is 0 Å². The number of nitrogens with zero attached hydrogens (tertiary/aromatic N) is 2. The highest BCUT2D eigenvalue weighted by Gasteiger charge is 2.24. The second-order valence-corrected chi connectivity index (χ2v) is 5.55. The van der Waals surface area contributed by atoms with Gasteiger partial charge < -0.3 is 0 Å². The molecule has 5 nitrogen and oxygen atoms in total. The van der Waals surface area contributed by atoms with Crippen LogP contribution in [0.4, 0.5) is 0 Å². The second kappa shape index (κ2) is 5.14. The maximum atomic E-state index is 10.9. The Labute approximate surface area is 102 Å². The molecule has 0 amide bonds. The summed E-state index contributed by atoms with van der Waals surface area (Å²) in [5, 5.41) is 0. The number of hydrogen-bond acceptors (Lipinski definition) is 3. The highest BCUT2D eigenvalue weighted by atomic mass is 32.2. The third-order valence-corrected chi connectivity index (χ3v) is 3.92. The number of piperazine rings is 1. The van der Waals surface area contributed by atoms with Crippen molar-refractivity contribution in [1.82, 2.24) is 9.21 Å². The normalized spacial score (nSPS) is 19.4. The van der Waals surface area contributed by atoms with Gasteiger partial charge >= 0.3 is 10.3 Å². The van der Waals surface area contributed by atoms with Gasteiger partial charge in [0.25, 0.3) is 0 Å². The molecule has 1 fully saturated rings. The van der Waals surface area contributed by atoms with Gasteiger partial charge in [-0.1, -0.05) is 30.3 Å². The minimum atomic E-state index is -4.02. The van der Waals surface area contributed by atoms with E-state index in [0.717, 1.165) is 10.8 Å². The average molecular weight is 256 g/mol. The topological polar surface area (TPSA) is 60.9 Å². The van der Waals surface area contributed by atoms with Crippen LogP contribution in [0.2, 0.25) is 0 Å². The maximum Gasteiger partial charge on any atom is 0.335 e. The Morgan fingerprint density at radius 3 is 2.18 bits per heavy atom. The SMILES string of the molecule is O=S(=O)(O)N1CCN(Cc2ccccc2)CC1. The Bertz CT molecular complexity index is 453. The Morgan fingerprint density at radius 2 is 1.65 bits per heavy atom. The van der Waals surface area contributed by atoms with Gasteiger partial charge in [-0.05, 0) is 5.56 Å². The molecule has 17 heavy (non-hydrogen) atoms. The van der Waals surface area contributed by atoms with E-state index in [1.54, 1.807) is 0 Å². The van der Waals surface area contributed by atoms with Gasteiger partial charge in [-0.15, -0.1) is 0 Å². The summed E-state index contributed by atoms with van der Waals surface area (Å²) >= 11 is 0. The van der Waals surface area contributed by atoms with Gasteiger partial charge in [0, 0.05) is 32.7 Å². The summed E-state index contributed by atoms with van der Waals surface area (Å²) in [7, 11) is -4.02. The zero-order valence-electron chi connectivity index (χ0n) is 9.49. The first-order valence-corrected chi connectivity index (χ1v) is 6.94. The molecular weight excluding hydrogens is 240 g/mol. The van der Waals surface area contributed by atoms with Crippen molar-refractivity contribution >= 4 is 10.3 Å². The quantitative estimate of drug-likeness (QED) is 0.805. The molecule has 1 aliphatic heterocycles. The van der Waals surface area contributed by atoms with Gasteiger partial charge in [-0.2, -0.15) is 12.7 Å². The van der Waals surface area contributed by atoms with Gasteiger partial charge in [0.2, 0.25) is 0 Å². The Kier molecular flexibility index (Phi) is 3.78. The maximum absolute atomic E-state index is 10.9. The summed E-state index contributed by atoms with van der Waals surface area (Å²) in [5.74, 6) is 0. The average Bonchev–Trinajstić information content (AvgIpc) is 2.30. The molecule has 1 aromatic rings. The molecular formula is C11H16N2O3S. The minimum absolute atomic E-state index is 0.353. The minimum Gasteiger partial charge on any atom is -0.296 e. The van der Waals surface area contributed by atoms with Crippen molar-refractivity contribution in [2.75, 3.05) is 26.2 Å². The van der Waals surface area contributed by atoms with E-state index in [2.05, 4.69) is 17.0 Å². The first kappa shape index (κ1) is 12.5. The van der Waals surface area contributed by atoms with Crippen molar-refractivity contribution in [1.29, 1.82) is 0 Å². The predicted octanol–water partition coefficient (Wildman–Crippen LogP) is 0.607. The molecule has 6 heteroatoms. The smallest absolute Gasteiger partial charge is 0.296 e. The first-order chi connectivity index (χ1) is 8.05. The van der Waals surface area contributed by atoms with E-state index in [1.807, 2.05) is 18.2 Å². The van der Waals surface area contributed by atoms with Gasteiger partial charge in [0.05, 0.1) is 0 Å². The van der Waals surface area contributed by atoms with Crippen LogP contribution in [0.15, 0.2) is 30.3 Å². The van der Waals surface area contributed by atoms with E-state index in [-0.39, 0.29) is 0 Å². The molecule has 0 saturated carbocycles. The summed E-state index contributed by atoms with van der Waals surface area (Å²) in [5.41, 5.74) is 1.22. The fourth-order valence-electron chi connectivity index (χ4n) is 1.96. The lowest BCUT2D eigenvalue weighted by Crippen LogP contribution is -2.47. The van der Waals surface area contributed by atoms with Crippen molar-refractivity contribution in [2.45, 2.75) is 6.54 Å². The highest BCUT2D eigenvalue weighted by molar-refractivity contribution is 7.83. The van der Waals surface area contributed by atoms with Gasteiger partial charge in [0.15, 0.2) is 0 Å². The molecule has 94 valence electrons. The van der Waals surface area contributed by atoms with E-state index in [4.69, 9.17) is 4.55 Å². The molecule has 0 unspecified atom stereocenters. The van der Waals surface area contributed by atoms with Crippen molar-refractivity contribution in [3.05, 3.63) is 35.9 Å². The summed E-state index contributed by atoms with van der Waals surface area (Å²) in [6.45, 7) is 2.82. The summed E-state index contributed by atoms with van der Waals surface area (Å²) in [6, 6.07) is 10.1. The van der Waals surface area contributed by atoms with Gasteiger partial charge in [-0.25, -0.2) is 0 Å². The van der Waals surface area contributed by atoms with E-state index in [0.29, 0.717) is 26.2 Å². The van der Waals surface area contributed by atoms with Crippen molar-refractivity contribution in [2.24, 2.45) is 0 Å². The van der Waals surface area contributed by atoms with E-state index < -0.39 is 10.3 Å². The van der Waals surface area contributed by atoms with Crippen molar-refractivity contribution in [3.8, 4) is 0 Å². The molecule has 0 spiro atoms. The number of hydrogen-bond donors (Lipinski definition) is 1. The van der Waals surface area contributed by atoms with Gasteiger partial charge in [0.1, 0.15) is 0 Å². The highest BCUT2D eigenvalue weighted by Crippen LogP contribution is 2.09. The monoisotopic (exact) mass is 256 g/mol. The van der Waals surface area contributed by atoms with Crippen LogP contribution < -0.4 is 0 Å². The Balaban J connectivity index is 1.88. The van der Waals surface area contributed by atoms with E-state index in [1.165, 1.54) is 5.56 Å². The van der Waals surface area contributed by atoms with Crippen LogP contribution in [-0.2, 0) is 16.8 Å². The zero-order chi connectivity index (χ0) is 12.3. The van der Waals surface area contributed by atoms with Crippen LogP contribution in [0.1, 0.15) is 5.56 Å². The molecule has 0 aromatic heterocycles. The third-order valence-electron chi connectivity index (χ3n) is 2.91. The molecule has 0 bridgehead atoms. The lowest BCUT2D eigenvalue weighted by Gasteiger charge is -2.32. The van der Waals surface area contributed by atoms with Crippen molar-refractivity contribution in [3.63, 3.8) is 0 Å². The van der Waals surface area contributed by atoms with Crippen molar-refractivity contribution < 1.29 is 13.0 Å². The molecule has 2 rings (SSSR count). The van der Waals surface area contributed by atoms with E-state index in [9.17, 15) is 8.42 Å². The zero-order valence-corrected chi connectivity index (χ0v) is 10.3. The predicted molar refractivity (Wildman–Crippen MR) is 64.8 cm³/mol. The molecule has 0 radical (unpaired) electrons. The van der Waals surface area contributed by atoms with Gasteiger partial charge in [-0.3, -0.25) is 9.45 Å². The molecule has 0 aliphatic carbocycles. The molecule has 1 aliphatic rings. The van der Waals surface area contributed by atoms with Crippen LogP contribution in [0.5, 0.6) is 0 Å². The third kappa shape index (κ3) is 3.50. The lowest BCUT2D eigenvalue weighted by molar-refractivity contribution is 0.173. The summed E-state index contributed by atoms with van der Waals surface area (Å²) in [6.07, 6.45) is 0. The summed E-state index contributed by atoms with van der Waals surface area (Å²) < 4.78 is 31.8. The molecule has 1 aromatic carbocycles. The lowest BCUT2D eigenvalue weighted by atomic mass is 10.2. The first-order valence-electron chi connectivity index (χ1n) is 5.54. The number of benzene rings is 1. The molecule has 1 saturated heterocycles. The van der Waals surface area contributed by atoms with Crippen LogP contribution in [0, 0.1) is 0 Å². The van der Waals surface area contributed by atoms with Crippen LogP contribution in [0.25, 0.3) is 0 Å². The summed E-state index contributed by atoms with van der Waals surface area (Å²) in [4.78, 5) is 2.18.